The first-order valence-corrected chi connectivity index (χ1v) is 8.45. The van der Waals surface area contributed by atoms with Crippen LogP contribution in [0.5, 0.6) is 11.5 Å². The Morgan fingerprint density at radius 1 is 1.03 bits per heavy atom. The summed E-state index contributed by atoms with van der Waals surface area (Å²) in [6.45, 7) is -2.64. The fourth-order valence-electron chi connectivity index (χ4n) is 2.74. The van der Waals surface area contributed by atoms with Gasteiger partial charge in [-0.15, -0.1) is 0 Å². The van der Waals surface area contributed by atoms with Crippen LogP contribution in [0, 0.1) is 0 Å². The maximum Gasteiger partial charge on any atom is 1.00 e. The van der Waals surface area contributed by atoms with Crippen LogP contribution >= 0.6 is 0 Å². The number of rotatable bonds is 9. The van der Waals surface area contributed by atoms with Crippen molar-refractivity contribution in [3.8, 4) is 23.0 Å². The van der Waals surface area contributed by atoms with Crippen molar-refractivity contribution in [1.29, 1.82) is 0 Å². The van der Waals surface area contributed by atoms with E-state index in [0.717, 1.165) is 17.0 Å². The molecule has 33 heavy (non-hydrogen) atoms. The number of hydrogen-bond acceptors (Lipinski definition) is 10. The van der Waals surface area contributed by atoms with Crippen molar-refractivity contribution < 1.29 is 198 Å². The fourth-order valence-corrected chi connectivity index (χ4v) is 2.74. The number of aliphatic carboxylic acids is 3. The van der Waals surface area contributed by atoms with E-state index in [1.165, 1.54) is 0 Å². The van der Waals surface area contributed by atoms with Crippen molar-refractivity contribution in [2.24, 2.45) is 0 Å². The van der Waals surface area contributed by atoms with Crippen LogP contribution in [0.3, 0.4) is 0 Å². The molecule has 1 heterocycles. The molecular weight excluding hydrogens is 518 g/mol. The number of aromatic nitrogens is 1. The second-order valence-electron chi connectivity index (χ2n) is 6.09. The average molecular weight is 531 g/mol. The number of para-hydroxylation sites is 2. The SMILES string of the molecule is O=C([O-])CN(CC(=O)[O-])c1cc([O-])c(-c2nc3ccccc3o2)cc1OCC(=O)O.[K+].[K+].[K+]. The summed E-state index contributed by atoms with van der Waals surface area (Å²) in [7, 11) is 0. The fraction of sp³-hybridized carbons (Fsp3) is 0.158. The average Bonchev–Trinajstić information content (AvgIpc) is 3.09. The minimum atomic E-state index is -1.63. The first-order valence-electron chi connectivity index (χ1n) is 8.45. The van der Waals surface area contributed by atoms with Gasteiger partial charge in [0.05, 0.1) is 30.7 Å². The molecule has 0 spiro atoms. The molecule has 0 bridgehead atoms. The Morgan fingerprint density at radius 2 is 1.64 bits per heavy atom. The van der Waals surface area contributed by atoms with Crippen molar-refractivity contribution in [3.63, 3.8) is 0 Å². The monoisotopic (exact) mass is 530 g/mol. The molecule has 0 aliphatic rings. The Hall–Kier alpha value is 0.629. The minimum absolute atomic E-state index is 0. The van der Waals surface area contributed by atoms with Gasteiger partial charge < -0.3 is 44.1 Å². The van der Waals surface area contributed by atoms with Crippen LogP contribution in [0.2, 0.25) is 0 Å². The number of carboxylic acid groups (broad SMARTS) is 3. The number of benzene rings is 2. The number of oxazole rings is 1. The summed E-state index contributed by atoms with van der Waals surface area (Å²) in [4.78, 5) is 37.9. The zero-order valence-corrected chi connectivity index (χ0v) is 27.6. The zero-order chi connectivity index (χ0) is 21.8. The Kier molecular flexibility index (Phi) is 16.0. The molecule has 1 aromatic heterocycles. The van der Waals surface area contributed by atoms with Crippen LogP contribution < -0.4 is 179 Å². The summed E-state index contributed by atoms with van der Waals surface area (Å²) in [6, 6.07) is 8.74. The van der Waals surface area contributed by atoms with E-state index in [0.29, 0.717) is 11.1 Å². The molecular formula is C19H13K3N2O9. The number of carboxylic acids is 3. The van der Waals surface area contributed by atoms with E-state index in [2.05, 4.69) is 4.98 Å². The third kappa shape index (κ3) is 9.55. The summed E-state index contributed by atoms with van der Waals surface area (Å²) in [6.07, 6.45) is 0. The van der Waals surface area contributed by atoms with Gasteiger partial charge in [0.2, 0.25) is 5.89 Å². The van der Waals surface area contributed by atoms with Crippen molar-refractivity contribution >= 4 is 34.7 Å². The molecule has 0 amide bonds. The van der Waals surface area contributed by atoms with E-state index in [4.69, 9.17) is 14.3 Å². The van der Waals surface area contributed by atoms with Gasteiger partial charge in [-0.2, -0.15) is 0 Å². The van der Waals surface area contributed by atoms with Gasteiger partial charge in [-0.25, -0.2) is 9.78 Å². The second-order valence-corrected chi connectivity index (χ2v) is 6.09. The summed E-state index contributed by atoms with van der Waals surface area (Å²) in [5.74, 6) is -5.61. The third-order valence-electron chi connectivity index (χ3n) is 3.92. The molecule has 1 N–H and O–H groups in total. The van der Waals surface area contributed by atoms with E-state index in [9.17, 15) is 29.7 Å². The maximum atomic E-state index is 12.7. The number of fused-ring (bicyclic) bond motifs is 1. The van der Waals surface area contributed by atoms with Crippen LogP contribution in [0.4, 0.5) is 5.69 Å². The topological polar surface area (TPSA) is 179 Å². The zero-order valence-electron chi connectivity index (χ0n) is 18.2. The molecule has 3 aromatic rings. The Balaban J connectivity index is 0.00000341. The van der Waals surface area contributed by atoms with Crippen LogP contribution in [0.1, 0.15) is 0 Å². The van der Waals surface area contributed by atoms with Crippen molar-refractivity contribution in [1.82, 2.24) is 4.98 Å². The third-order valence-corrected chi connectivity index (χ3v) is 3.92. The molecule has 0 aliphatic heterocycles. The number of carbonyl (C=O) groups excluding carboxylic acids is 2. The van der Waals surface area contributed by atoms with Crippen LogP contribution in [0.15, 0.2) is 40.8 Å². The van der Waals surface area contributed by atoms with Gasteiger partial charge >= 0.3 is 160 Å². The molecule has 2 aromatic carbocycles. The molecule has 0 atom stereocenters. The first kappa shape index (κ1) is 33.6. The molecule has 14 heteroatoms. The van der Waals surface area contributed by atoms with Crippen LogP contribution in [0.25, 0.3) is 22.6 Å². The standard InChI is InChI=1S/C19H16N2O9.3K/c22-13-6-12(21(7-16(23)24)8-17(25)26)15(29-9-18(27)28)5-10(13)19-20-11-3-1-2-4-14(11)30-19;;;/h1-6,22H,7-9H2,(H,23,24)(H,25,26)(H,27,28);;;/q;3*+1/p-3. The van der Waals surface area contributed by atoms with Crippen LogP contribution in [-0.4, -0.2) is 47.7 Å². The van der Waals surface area contributed by atoms with Gasteiger partial charge in [0.15, 0.2) is 12.2 Å². The van der Waals surface area contributed by atoms with E-state index >= 15 is 0 Å². The van der Waals surface area contributed by atoms with Crippen LogP contribution in [-0.2, 0) is 14.4 Å². The van der Waals surface area contributed by atoms with Gasteiger partial charge in [0, 0.05) is 5.56 Å². The summed E-state index contributed by atoms with van der Waals surface area (Å²) in [5, 5.41) is 43.6. The molecule has 0 aliphatic carbocycles. The van der Waals surface area contributed by atoms with Gasteiger partial charge in [0.25, 0.3) is 0 Å². The van der Waals surface area contributed by atoms with Crippen molar-refractivity contribution in [2.75, 3.05) is 24.6 Å². The second kappa shape index (κ2) is 15.7. The molecule has 3 rings (SSSR count). The number of carbonyl (C=O) groups is 3. The summed E-state index contributed by atoms with van der Waals surface area (Å²) < 4.78 is 10.7. The number of anilines is 1. The first-order chi connectivity index (χ1) is 14.2. The van der Waals surface area contributed by atoms with Gasteiger partial charge in [0.1, 0.15) is 11.3 Å². The normalized spacial score (nSPS) is 9.70. The molecule has 0 unspecified atom stereocenters. The van der Waals surface area contributed by atoms with E-state index in [-0.39, 0.29) is 177 Å². The van der Waals surface area contributed by atoms with E-state index in [1.54, 1.807) is 24.3 Å². The molecule has 11 nitrogen and oxygen atoms in total. The number of nitrogens with zero attached hydrogens (tertiary/aromatic N) is 2. The molecule has 0 fully saturated rings. The smallest absolute Gasteiger partial charge is 0.872 e. The predicted octanol–water partition coefficient (Wildman–Crippen LogP) is -10.7. The number of ether oxygens (including phenoxy) is 1. The molecule has 0 saturated carbocycles. The number of hydrogen-bond donors (Lipinski definition) is 1. The predicted molar refractivity (Wildman–Crippen MR) is 94.2 cm³/mol. The largest absolute Gasteiger partial charge is 1.00 e. The Labute approximate surface area is 315 Å². The maximum absolute atomic E-state index is 12.7. The van der Waals surface area contributed by atoms with E-state index < -0.39 is 43.4 Å². The summed E-state index contributed by atoms with van der Waals surface area (Å²) >= 11 is 0. The van der Waals surface area contributed by atoms with Gasteiger partial charge in [-0.1, -0.05) is 17.9 Å². The Morgan fingerprint density at radius 3 is 2.18 bits per heavy atom. The van der Waals surface area contributed by atoms with E-state index in [1.807, 2.05) is 0 Å². The van der Waals surface area contributed by atoms with Gasteiger partial charge in [-0.05, 0) is 24.3 Å². The Bertz CT molecular complexity index is 1090. The summed E-state index contributed by atoms with van der Waals surface area (Å²) in [5.41, 5.74) is 0.533. The quantitative estimate of drug-likeness (QED) is 0.260. The molecule has 0 saturated heterocycles. The van der Waals surface area contributed by atoms with Crippen molar-refractivity contribution in [2.45, 2.75) is 0 Å². The molecule has 0 radical (unpaired) electrons. The van der Waals surface area contributed by atoms with Gasteiger partial charge in [-0.3, -0.25) is 0 Å². The van der Waals surface area contributed by atoms with Crippen molar-refractivity contribution in [3.05, 3.63) is 36.4 Å². The molecule has 156 valence electrons. The minimum Gasteiger partial charge on any atom is -0.872 e.